The zero-order valence-corrected chi connectivity index (χ0v) is 10.3. The Bertz CT molecular complexity index is 382. The van der Waals surface area contributed by atoms with Crippen LogP contribution in [0.3, 0.4) is 0 Å². The molecule has 1 fully saturated rings. The normalized spacial score (nSPS) is 25.8. The zero-order valence-electron chi connectivity index (χ0n) is 10.3. The van der Waals surface area contributed by atoms with Gasteiger partial charge in [0.15, 0.2) is 0 Å². The van der Waals surface area contributed by atoms with Crippen LogP contribution in [0, 0.1) is 5.92 Å². The lowest BCUT2D eigenvalue weighted by atomic mass is 9.96. The fraction of sp³-hybridized carbons (Fsp3) is 0.769. The van der Waals surface area contributed by atoms with E-state index in [9.17, 15) is 0 Å². The molecule has 1 atom stereocenters. The second kappa shape index (κ2) is 4.78. The number of hydrogen-bond donors (Lipinski definition) is 1. The highest BCUT2D eigenvalue weighted by Crippen LogP contribution is 2.26. The van der Waals surface area contributed by atoms with Gasteiger partial charge in [-0.05, 0) is 38.0 Å². The lowest BCUT2D eigenvalue weighted by Gasteiger charge is -2.26. The first-order valence-corrected chi connectivity index (χ1v) is 6.73. The summed E-state index contributed by atoms with van der Waals surface area (Å²) in [6, 6.07) is 0. The lowest BCUT2D eigenvalue weighted by Crippen LogP contribution is -2.28. The summed E-state index contributed by atoms with van der Waals surface area (Å²) < 4.78 is 7.68. The van der Waals surface area contributed by atoms with Crippen molar-refractivity contribution in [2.24, 2.45) is 11.7 Å². The number of imidazole rings is 1. The van der Waals surface area contributed by atoms with Gasteiger partial charge in [-0.1, -0.05) is 0 Å². The van der Waals surface area contributed by atoms with Gasteiger partial charge in [0.1, 0.15) is 5.82 Å². The molecule has 0 aromatic carbocycles. The molecule has 2 aliphatic rings. The van der Waals surface area contributed by atoms with Crippen molar-refractivity contribution in [3.05, 3.63) is 17.7 Å². The minimum Gasteiger partial charge on any atom is -0.381 e. The Kier molecular flexibility index (Phi) is 3.16. The average molecular weight is 235 g/mol. The summed E-state index contributed by atoms with van der Waals surface area (Å²) in [5, 5.41) is 0. The van der Waals surface area contributed by atoms with Crippen LogP contribution in [0.15, 0.2) is 6.20 Å². The molecule has 0 radical (unpaired) electrons. The molecule has 17 heavy (non-hydrogen) atoms. The molecule has 2 aliphatic heterocycles. The van der Waals surface area contributed by atoms with Crippen LogP contribution in [-0.2, 0) is 17.6 Å². The van der Waals surface area contributed by atoms with Crippen LogP contribution in [0.25, 0.3) is 0 Å². The zero-order chi connectivity index (χ0) is 11.7. The lowest BCUT2D eigenvalue weighted by molar-refractivity contribution is 0.0655. The molecule has 1 aromatic rings. The van der Waals surface area contributed by atoms with Crippen LogP contribution in [0.2, 0.25) is 0 Å². The summed E-state index contributed by atoms with van der Waals surface area (Å²) in [5.74, 6) is 1.92. The van der Waals surface area contributed by atoms with Crippen LogP contribution in [-0.4, -0.2) is 22.8 Å². The van der Waals surface area contributed by atoms with Crippen molar-refractivity contribution in [3.8, 4) is 0 Å². The first kappa shape index (κ1) is 11.2. The minimum atomic E-state index is 0.149. The maximum atomic E-state index is 6.19. The number of fused-ring (bicyclic) bond motifs is 1. The maximum absolute atomic E-state index is 6.19. The SMILES string of the molecule is NC1CCCc2cnc(CC3CCOCC3)n21. The molecule has 4 nitrogen and oxygen atoms in total. The monoisotopic (exact) mass is 235 g/mol. The highest BCUT2D eigenvalue weighted by molar-refractivity contribution is 5.10. The van der Waals surface area contributed by atoms with E-state index < -0.39 is 0 Å². The van der Waals surface area contributed by atoms with E-state index in [1.165, 1.54) is 17.9 Å². The molecule has 3 rings (SSSR count). The van der Waals surface area contributed by atoms with Crippen LogP contribution in [0.5, 0.6) is 0 Å². The fourth-order valence-corrected chi connectivity index (χ4v) is 3.01. The predicted molar refractivity (Wildman–Crippen MR) is 65.6 cm³/mol. The van der Waals surface area contributed by atoms with Gasteiger partial charge in [0.2, 0.25) is 0 Å². The minimum absolute atomic E-state index is 0.149. The van der Waals surface area contributed by atoms with E-state index in [2.05, 4.69) is 9.55 Å². The number of nitrogens with two attached hydrogens (primary N) is 1. The van der Waals surface area contributed by atoms with Crippen molar-refractivity contribution in [2.75, 3.05) is 13.2 Å². The van der Waals surface area contributed by atoms with Crippen molar-refractivity contribution in [3.63, 3.8) is 0 Å². The van der Waals surface area contributed by atoms with Gasteiger partial charge in [-0.2, -0.15) is 0 Å². The van der Waals surface area contributed by atoms with E-state index in [0.717, 1.165) is 51.2 Å². The van der Waals surface area contributed by atoms with Gasteiger partial charge in [-0.25, -0.2) is 4.98 Å². The van der Waals surface area contributed by atoms with Crippen molar-refractivity contribution >= 4 is 0 Å². The summed E-state index contributed by atoms with van der Waals surface area (Å²) in [4.78, 5) is 4.58. The molecule has 1 unspecified atom stereocenters. The van der Waals surface area contributed by atoms with Crippen LogP contribution < -0.4 is 5.73 Å². The number of rotatable bonds is 2. The molecular weight excluding hydrogens is 214 g/mol. The highest BCUT2D eigenvalue weighted by Gasteiger charge is 2.23. The number of ether oxygens (including phenoxy) is 1. The Morgan fingerprint density at radius 2 is 2.18 bits per heavy atom. The third-order valence-electron chi connectivity index (χ3n) is 4.03. The maximum Gasteiger partial charge on any atom is 0.110 e. The standard InChI is InChI=1S/C13H21N3O/c14-12-3-1-2-11-9-15-13(16(11)12)8-10-4-6-17-7-5-10/h9-10,12H,1-8,14H2. The van der Waals surface area contributed by atoms with Gasteiger partial charge >= 0.3 is 0 Å². The molecule has 0 amide bonds. The second-order valence-corrected chi connectivity index (χ2v) is 5.26. The van der Waals surface area contributed by atoms with Crippen molar-refractivity contribution in [1.82, 2.24) is 9.55 Å². The Labute approximate surface area is 102 Å². The molecule has 2 N–H and O–H groups in total. The van der Waals surface area contributed by atoms with E-state index in [-0.39, 0.29) is 6.17 Å². The predicted octanol–water partition coefficient (Wildman–Crippen LogP) is 1.65. The Morgan fingerprint density at radius 1 is 1.35 bits per heavy atom. The second-order valence-electron chi connectivity index (χ2n) is 5.26. The Balaban J connectivity index is 1.76. The number of nitrogens with zero attached hydrogens (tertiary/aromatic N) is 2. The smallest absolute Gasteiger partial charge is 0.110 e. The van der Waals surface area contributed by atoms with Crippen LogP contribution >= 0.6 is 0 Å². The first-order valence-electron chi connectivity index (χ1n) is 6.73. The molecular formula is C13H21N3O. The molecule has 3 heterocycles. The Hall–Kier alpha value is -0.870. The highest BCUT2D eigenvalue weighted by atomic mass is 16.5. The van der Waals surface area contributed by atoms with Crippen molar-refractivity contribution in [1.29, 1.82) is 0 Å². The quantitative estimate of drug-likeness (QED) is 0.848. The largest absolute Gasteiger partial charge is 0.381 e. The molecule has 0 spiro atoms. The molecule has 94 valence electrons. The summed E-state index contributed by atoms with van der Waals surface area (Å²) in [6.07, 6.45) is 8.98. The van der Waals surface area contributed by atoms with Gasteiger partial charge in [0.25, 0.3) is 0 Å². The van der Waals surface area contributed by atoms with Crippen molar-refractivity contribution < 1.29 is 4.74 Å². The third kappa shape index (κ3) is 2.24. The topological polar surface area (TPSA) is 53.1 Å². The van der Waals surface area contributed by atoms with Gasteiger partial charge < -0.3 is 15.0 Å². The fourth-order valence-electron chi connectivity index (χ4n) is 3.01. The number of aryl methyl sites for hydroxylation is 1. The van der Waals surface area contributed by atoms with Gasteiger partial charge in [0, 0.05) is 31.5 Å². The summed E-state index contributed by atoms with van der Waals surface area (Å²) in [7, 11) is 0. The van der Waals surface area contributed by atoms with Crippen molar-refractivity contribution in [2.45, 2.75) is 44.7 Å². The first-order chi connectivity index (χ1) is 8.34. The molecule has 1 aromatic heterocycles. The summed E-state index contributed by atoms with van der Waals surface area (Å²) in [5.41, 5.74) is 7.52. The van der Waals surface area contributed by atoms with Gasteiger partial charge in [-0.15, -0.1) is 0 Å². The van der Waals surface area contributed by atoms with Gasteiger partial charge in [-0.3, -0.25) is 0 Å². The van der Waals surface area contributed by atoms with E-state index in [0.29, 0.717) is 0 Å². The van der Waals surface area contributed by atoms with E-state index in [1.807, 2.05) is 6.20 Å². The van der Waals surface area contributed by atoms with Crippen LogP contribution in [0.1, 0.15) is 43.4 Å². The summed E-state index contributed by atoms with van der Waals surface area (Å²) in [6.45, 7) is 1.81. The molecule has 4 heteroatoms. The number of hydrogen-bond acceptors (Lipinski definition) is 3. The average Bonchev–Trinajstić information content (AvgIpc) is 2.75. The molecule has 0 bridgehead atoms. The summed E-state index contributed by atoms with van der Waals surface area (Å²) >= 11 is 0. The number of aromatic nitrogens is 2. The molecule has 1 saturated heterocycles. The van der Waals surface area contributed by atoms with E-state index in [4.69, 9.17) is 10.5 Å². The van der Waals surface area contributed by atoms with E-state index >= 15 is 0 Å². The third-order valence-corrected chi connectivity index (χ3v) is 4.03. The van der Waals surface area contributed by atoms with E-state index in [1.54, 1.807) is 0 Å². The van der Waals surface area contributed by atoms with Gasteiger partial charge in [0.05, 0.1) is 6.17 Å². The Morgan fingerprint density at radius 3 is 3.00 bits per heavy atom. The molecule has 0 saturated carbocycles. The van der Waals surface area contributed by atoms with Crippen LogP contribution in [0.4, 0.5) is 0 Å². The molecule has 0 aliphatic carbocycles.